The van der Waals surface area contributed by atoms with Gasteiger partial charge in [0.2, 0.25) is 0 Å². The summed E-state index contributed by atoms with van der Waals surface area (Å²) >= 11 is 0. The molecule has 1 aliphatic heterocycles. The number of hydrogen-bond acceptors (Lipinski definition) is 4. The summed E-state index contributed by atoms with van der Waals surface area (Å²) in [5.74, 6) is 0.869. The van der Waals surface area contributed by atoms with Crippen molar-refractivity contribution >= 4 is 5.82 Å². The molecular formula is C13H21FN4. The molecule has 2 heterocycles. The number of aryl methyl sites for hydroxylation is 1. The fourth-order valence-electron chi connectivity index (χ4n) is 1.97. The smallest absolute Gasteiger partial charge is 0.186 e. The van der Waals surface area contributed by atoms with Crippen LogP contribution in [0.4, 0.5) is 10.2 Å². The van der Waals surface area contributed by atoms with Crippen LogP contribution in [0.15, 0.2) is 0 Å². The van der Waals surface area contributed by atoms with Gasteiger partial charge in [0.15, 0.2) is 11.6 Å². The van der Waals surface area contributed by atoms with E-state index in [0.29, 0.717) is 17.3 Å². The third-order valence-electron chi connectivity index (χ3n) is 3.09. The Bertz CT molecular complexity index is 433. The number of piperazine rings is 1. The normalized spacial score (nSPS) is 17.1. The van der Waals surface area contributed by atoms with Crippen molar-refractivity contribution < 1.29 is 4.39 Å². The monoisotopic (exact) mass is 252 g/mol. The highest BCUT2D eigenvalue weighted by Gasteiger charge is 2.24. The fourth-order valence-corrected chi connectivity index (χ4v) is 1.97. The molecule has 1 aliphatic rings. The van der Waals surface area contributed by atoms with Gasteiger partial charge in [-0.1, -0.05) is 20.8 Å². The van der Waals surface area contributed by atoms with Crippen LogP contribution in [0.2, 0.25) is 0 Å². The molecule has 0 saturated carbocycles. The highest BCUT2D eigenvalue weighted by atomic mass is 19.1. The molecule has 1 aromatic heterocycles. The second-order valence-electron chi connectivity index (χ2n) is 5.76. The molecule has 4 nitrogen and oxygen atoms in total. The van der Waals surface area contributed by atoms with Crippen LogP contribution in [-0.2, 0) is 5.41 Å². The van der Waals surface area contributed by atoms with Gasteiger partial charge in [0.1, 0.15) is 5.82 Å². The van der Waals surface area contributed by atoms with E-state index >= 15 is 0 Å². The van der Waals surface area contributed by atoms with E-state index < -0.39 is 0 Å². The number of anilines is 1. The molecule has 1 aromatic rings. The van der Waals surface area contributed by atoms with Crippen LogP contribution in [0.1, 0.15) is 32.3 Å². The molecule has 1 N–H and O–H groups in total. The van der Waals surface area contributed by atoms with Crippen molar-refractivity contribution in [3.63, 3.8) is 0 Å². The maximum absolute atomic E-state index is 14.2. The number of aromatic nitrogens is 2. The maximum Gasteiger partial charge on any atom is 0.186 e. The zero-order chi connectivity index (χ0) is 13.3. The minimum atomic E-state index is -0.287. The van der Waals surface area contributed by atoms with E-state index in [4.69, 9.17) is 0 Å². The second kappa shape index (κ2) is 4.80. The SMILES string of the molecule is Cc1nc(C(C)(C)C)nc(N2CCNCC2)c1F. The minimum absolute atomic E-state index is 0.165. The highest BCUT2D eigenvalue weighted by Crippen LogP contribution is 2.25. The van der Waals surface area contributed by atoms with Gasteiger partial charge in [0.25, 0.3) is 0 Å². The van der Waals surface area contributed by atoms with Gasteiger partial charge in [-0.2, -0.15) is 0 Å². The van der Waals surface area contributed by atoms with Crippen molar-refractivity contribution in [2.75, 3.05) is 31.1 Å². The quantitative estimate of drug-likeness (QED) is 0.825. The van der Waals surface area contributed by atoms with Gasteiger partial charge < -0.3 is 10.2 Å². The molecule has 0 atom stereocenters. The molecule has 0 spiro atoms. The van der Waals surface area contributed by atoms with Crippen molar-refractivity contribution in [1.82, 2.24) is 15.3 Å². The second-order valence-corrected chi connectivity index (χ2v) is 5.76. The van der Waals surface area contributed by atoms with Gasteiger partial charge >= 0.3 is 0 Å². The Morgan fingerprint density at radius 2 is 1.78 bits per heavy atom. The standard InChI is InChI=1S/C13H21FN4/c1-9-10(14)11(18-7-5-15-6-8-18)17-12(16-9)13(2,3)4/h15H,5-8H2,1-4H3. The van der Waals surface area contributed by atoms with Crippen LogP contribution in [-0.4, -0.2) is 36.1 Å². The molecule has 0 aromatic carbocycles. The first-order chi connectivity index (χ1) is 8.39. The van der Waals surface area contributed by atoms with Gasteiger partial charge in [-0.05, 0) is 6.92 Å². The van der Waals surface area contributed by atoms with Gasteiger partial charge in [-0.15, -0.1) is 0 Å². The third-order valence-corrected chi connectivity index (χ3v) is 3.09. The lowest BCUT2D eigenvalue weighted by Gasteiger charge is -2.30. The molecule has 18 heavy (non-hydrogen) atoms. The van der Waals surface area contributed by atoms with E-state index in [0.717, 1.165) is 26.2 Å². The van der Waals surface area contributed by atoms with Crippen molar-refractivity contribution in [2.45, 2.75) is 33.1 Å². The molecule has 1 saturated heterocycles. The average Bonchev–Trinajstić information content (AvgIpc) is 2.32. The zero-order valence-electron chi connectivity index (χ0n) is 11.5. The molecule has 0 aliphatic carbocycles. The summed E-state index contributed by atoms with van der Waals surface area (Å²) in [7, 11) is 0. The Balaban J connectivity index is 2.42. The maximum atomic E-state index is 14.2. The van der Waals surface area contributed by atoms with Crippen molar-refractivity contribution in [2.24, 2.45) is 0 Å². The fraction of sp³-hybridized carbons (Fsp3) is 0.692. The van der Waals surface area contributed by atoms with E-state index in [2.05, 4.69) is 15.3 Å². The number of rotatable bonds is 1. The van der Waals surface area contributed by atoms with E-state index in [-0.39, 0.29) is 11.2 Å². The largest absolute Gasteiger partial charge is 0.352 e. The van der Waals surface area contributed by atoms with E-state index in [1.54, 1.807) is 6.92 Å². The molecule has 100 valence electrons. The summed E-state index contributed by atoms with van der Waals surface area (Å²) in [4.78, 5) is 10.7. The molecule has 0 bridgehead atoms. The topological polar surface area (TPSA) is 41.1 Å². The Labute approximate surface area is 108 Å². The van der Waals surface area contributed by atoms with Crippen LogP contribution < -0.4 is 10.2 Å². The summed E-state index contributed by atoms with van der Waals surface area (Å²) < 4.78 is 14.2. The van der Waals surface area contributed by atoms with E-state index in [1.807, 2.05) is 25.7 Å². The van der Waals surface area contributed by atoms with Gasteiger partial charge in [-0.25, -0.2) is 14.4 Å². The Morgan fingerprint density at radius 1 is 1.17 bits per heavy atom. The Kier molecular flexibility index (Phi) is 3.52. The molecule has 0 amide bonds. The van der Waals surface area contributed by atoms with Crippen LogP contribution in [0.3, 0.4) is 0 Å². The number of nitrogens with one attached hydrogen (secondary N) is 1. The summed E-state index contributed by atoms with van der Waals surface area (Å²) in [5.41, 5.74) is 0.268. The predicted octanol–water partition coefficient (Wildman–Crippen LogP) is 1.63. The lowest BCUT2D eigenvalue weighted by atomic mass is 9.95. The van der Waals surface area contributed by atoms with Crippen molar-refractivity contribution in [3.05, 3.63) is 17.3 Å². The molecule has 1 fully saturated rings. The number of nitrogens with zero attached hydrogens (tertiary/aromatic N) is 3. The van der Waals surface area contributed by atoms with Gasteiger partial charge in [0.05, 0.1) is 5.69 Å². The van der Waals surface area contributed by atoms with Gasteiger partial charge in [-0.3, -0.25) is 0 Å². The van der Waals surface area contributed by atoms with E-state index in [1.165, 1.54) is 0 Å². The third kappa shape index (κ3) is 2.61. The first-order valence-corrected chi connectivity index (χ1v) is 6.40. The molecule has 0 radical (unpaired) electrons. The lowest BCUT2D eigenvalue weighted by Crippen LogP contribution is -2.44. The van der Waals surface area contributed by atoms with E-state index in [9.17, 15) is 4.39 Å². The Hall–Kier alpha value is -1.23. The van der Waals surface area contributed by atoms with Gasteiger partial charge in [0, 0.05) is 31.6 Å². The first kappa shape index (κ1) is 13.2. The molecule has 0 unspecified atom stereocenters. The van der Waals surface area contributed by atoms with Crippen LogP contribution in [0, 0.1) is 12.7 Å². The van der Waals surface area contributed by atoms with Crippen molar-refractivity contribution in [1.29, 1.82) is 0 Å². The Morgan fingerprint density at radius 3 is 2.33 bits per heavy atom. The summed E-state index contributed by atoms with van der Waals surface area (Å²) in [6.07, 6.45) is 0. The average molecular weight is 252 g/mol. The minimum Gasteiger partial charge on any atom is -0.352 e. The first-order valence-electron chi connectivity index (χ1n) is 6.40. The predicted molar refractivity (Wildman–Crippen MR) is 70.5 cm³/mol. The summed E-state index contributed by atoms with van der Waals surface area (Å²) in [6.45, 7) is 11.1. The molecule has 2 rings (SSSR count). The van der Waals surface area contributed by atoms with Crippen molar-refractivity contribution in [3.8, 4) is 0 Å². The summed E-state index contributed by atoms with van der Waals surface area (Å²) in [6, 6.07) is 0. The number of hydrogen-bond donors (Lipinski definition) is 1. The molecule has 5 heteroatoms. The highest BCUT2D eigenvalue weighted by molar-refractivity contribution is 5.43. The van der Waals surface area contributed by atoms with Crippen LogP contribution >= 0.6 is 0 Å². The lowest BCUT2D eigenvalue weighted by molar-refractivity contribution is 0.511. The van der Waals surface area contributed by atoms with Crippen LogP contribution in [0.25, 0.3) is 0 Å². The van der Waals surface area contributed by atoms with Crippen LogP contribution in [0.5, 0.6) is 0 Å². The zero-order valence-corrected chi connectivity index (χ0v) is 11.5. The molecular weight excluding hydrogens is 231 g/mol. The summed E-state index contributed by atoms with van der Waals surface area (Å²) in [5, 5.41) is 3.26. The number of halogens is 1.